The van der Waals surface area contributed by atoms with Gasteiger partial charge in [-0.05, 0) is 22.9 Å². The van der Waals surface area contributed by atoms with E-state index in [1.165, 1.54) is 7.11 Å². The number of hydroxylamine groups is 2. The van der Waals surface area contributed by atoms with Gasteiger partial charge in [-0.1, -0.05) is 49.2 Å². The maximum Gasteiger partial charge on any atom is 0.346 e. The topological polar surface area (TPSA) is 91.3 Å². The number of benzene rings is 2. The third-order valence-corrected chi connectivity index (χ3v) is 5.37. The van der Waals surface area contributed by atoms with Crippen LogP contribution in [0.5, 0.6) is 0 Å². The highest BCUT2D eigenvalue weighted by atomic mass is 16.8. The first-order valence-electron chi connectivity index (χ1n) is 9.93. The molecule has 30 heavy (non-hydrogen) atoms. The number of fused-ring (bicyclic) bond motifs is 1. The summed E-state index contributed by atoms with van der Waals surface area (Å²) < 4.78 is 5.46. The minimum atomic E-state index is -1.06. The lowest BCUT2D eigenvalue weighted by atomic mass is 10.0. The zero-order valence-electron chi connectivity index (χ0n) is 18.0. The van der Waals surface area contributed by atoms with Crippen LogP contribution in [0.4, 0.5) is 5.69 Å². The summed E-state index contributed by atoms with van der Waals surface area (Å²) in [5.74, 6) is -1.89. The number of aliphatic carboxylic acids is 1. The number of methoxy groups -OCH3 is 1. The number of carbonyl (C=O) groups excluding carboxylic acids is 1. The Labute approximate surface area is 176 Å². The van der Waals surface area contributed by atoms with Gasteiger partial charge in [0.1, 0.15) is 6.04 Å². The second-order valence-corrected chi connectivity index (χ2v) is 7.97. The van der Waals surface area contributed by atoms with E-state index in [0.717, 1.165) is 27.1 Å². The Morgan fingerprint density at radius 2 is 1.90 bits per heavy atom. The standard InChI is InChI=1S/C22H29N3O5/c1-13(2)19(21(26)27)25-20(29-5)18(22(28)30-25)23-12-14-8-6-10-16-15(14)9-7-11-17(16)24(3)4/h6-11,13,18-20,23H,12H2,1-5H3,(H,26,27). The zero-order valence-corrected chi connectivity index (χ0v) is 18.0. The molecule has 8 heteroatoms. The predicted molar refractivity (Wildman–Crippen MR) is 114 cm³/mol. The van der Waals surface area contributed by atoms with E-state index in [0.29, 0.717) is 6.54 Å². The summed E-state index contributed by atoms with van der Waals surface area (Å²) in [6.07, 6.45) is -0.840. The van der Waals surface area contributed by atoms with Crippen molar-refractivity contribution in [1.82, 2.24) is 10.4 Å². The number of anilines is 1. The minimum absolute atomic E-state index is 0.269. The molecule has 1 aliphatic rings. The molecule has 0 radical (unpaired) electrons. The van der Waals surface area contributed by atoms with E-state index in [2.05, 4.69) is 22.3 Å². The smallest absolute Gasteiger partial charge is 0.346 e. The van der Waals surface area contributed by atoms with Crippen molar-refractivity contribution in [2.24, 2.45) is 5.92 Å². The Morgan fingerprint density at radius 3 is 2.50 bits per heavy atom. The molecule has 0 bridgehead atoms. The first-order chi connectivity index (χ1) is 14.3. The summed E-state index contributed by atoms with van der Waals surface area (Å²) in [6.45, 7) is 3.93. The molecule has 1 aliphatic heterocycles. The summed E-state index contributed by atoms with van der Waals surface area (Å²) in [5.41, 5.74) is 2.13. The molecule has 0 amide bonds. The fourth-order valence-corrected chi connectivity index (χ4v) is 3.93. The maximum absolute atomic E-state index is 12.5. The van der Waals surface area contributed by atoms with Gasteiger partial charge in [-0.3, -0.25) is 10.1 Å². The van der Waals surface area contributed by atoms with Gasteiger partial charge in [-0.2, -0.15) is 0 Å². The Hall–Kier alpha value is -2.68. The van der Waals surface area contributed by atoms with Crippen molar-refractivity contribution in [2.45, 2.75) is 38.7 Å². The molecule has 3 rings (SSSR count). The number of carboxylic acids is 1. The van der Waals surface area contributed by atoms with E-state index >= 15 is 0 Å². The average Bonchev–Trinajstić information content (AvgIpc) is 2.99. The van der Waals surface area contributed by atoms with Crippen molar-refractivity contribution in [1.29, 1.82) is 0 Å². The fraction of sp³-hybridized carbons (Fsp3) is 0.455. The van der Waals surface area contributed by atoms with E-state index < -0.39 is 30.3 Å². The molecule has 3 atom stereocenters. The minimum Gasteiger partial charge on any atom is -0.480 e. The SMILES string of the molecule is COC1C(NCc2cccc3c(N(C)C)cccc23)C(=O)ON1C(C(=O)O)C(C)C. The zero-order chi connectivity index (χ0) is 22.0. The molecule has 8 nitrogen and oxygen atoms in total. The van der Waals surface area contributed by atoms with Crippen molar-refractivity contribution >= 4 is 28.4 Å². The summed E-state index contributed by atoms with van der Waals surface area (Å²) in [4.78, 5) is 31.6. The van der Waals surface area contributed by atoms with Gasteiger partial charge in [0.25, 0.3) is 0 Å². The van der Waals surface area contributed by atoms with Gasteiger partial charge < -0.3 is 19.6 Å². The average molecular weight is 415 g/mol. The molecular formula is C22H29N3O5. The number of rotatable bonds is 8. The number of nitrogens with one attached hydrogen (secondary N) is 1. The van der Waals surface area contributed by atoms with Crippen molar-refractivity contribution < 1.29 is 24.3 Å². The van der Waals surface area contributed by atoms with Crippen LogP contribution < -0.4 is 10.2 Å². The lowest BCUT2D eigenvalue weighted by molar-refractivity contribution is -0.226. The molecule has 0 spiro atoms. The van der Waals surface area contributed by atoms with Crippen LogP contribution in [0, 0.1) is 5.92 Å². The molecule has 0 aliphatic carbocycles. The van der Waals surface area contributed by atoms with Crippen molar-refractivity contribution in [3.8, 4) is 0 Å². The fourth-order valence-electron chi connectivity index (χ4n) is 3.93. The van der Waals surface area contributed by atoms with Gasteiger partial charge in [0.15, 0.2) is 12.3 Å². The van der Waals surface area contributed by atoms with E-state index in [-0.39, 0.29) is 5.92 Å². The third-order valence-electron chi connectivity index (χ3n) is 5.37. The van der Waals surface area contributed by atoms with Crippen LogP contribution in [0.2, 0.25) is 0 Å². The Balaban J connectivity index is 1.84. The van der Waals surface area contributed by atoms with Crippen LogP contribution >= 0.6 is 0 Å². The van der Waals surface area contributed by atoms with Crippen molar-refractivity contribution in [3.05, 3.63) is 42.0 Å². The maximum atomic E-state index is 12.5. The normalized spacial score (nSPS) is 20.5. The second-order valence-electron chi connectivity index (χ2n) is 7.97. The Morgan fingerprint density at radius 1 is 1.23 bits per heavy atom. The van der Waals surface area contributed by atoms with Crippen LogP contribution in [0.1, 0.15) is 19.4 Å². The molecule has 162 valence electrons. The highest BCUT2D eigenvalue weighted by Gasteiger charge is 2.49. The van der Waals surface area contributed by atoms with Gasteiger partial charge in [-0.15, -0.1) is 0 Å². The molecule has 1 heterocycles. The van der Waals surface area contributed by atoms with Crippen LogP contribution in [-0.4, -0.2) is 61.6 Å². The molecule has 0 aromatic heterocycles. The number of ether oxygens (including phenoxy) is 1. The van der Waals surface area contributed by atoms with Crippen molar-refractivity contribution in [2.75, 3.05) is 26.1 Å². The molecule has 2 N–H and O–H groups in total. The van der Waals surface area contributed by atoms with Crippen LogP contribution in [0.25, 0.3) is 10.8 Å². The van der Waals surface area contributed by atoms with Gasteiger partial charge in [0.2, 0.25) is 0 Å². The second kappa shape index (κ2) is 8.99. The number of nitrogens with zero attached hydrogens (tertiary/aromatic N) is 2. The largest absolute Gasteiger partial charge is 0.480 e. The molecule has 0 saturated carbocycles. The van der Waals surface area contributed by atoms with Gasteiger partial charge in [-0.25, -0.2) is 4.79 Å². The third kappa shape index (κ3) is 4.12. The lowest BCUT2D eigenvalue weighted by Crippen LogP contribution is -2.52. The van der Waals surface area contributed by atoms with Gasteiger partial charge >= 0.3 is 11.9 Å². The number of carboxylic acid groups (broad SMARTS) is 1. The molecule has 2 aromatic carbocycles. The molecule has 3 unspecified atom stereocenters. The van der Waals surface area contributed by atoms with Gasteiger partial charge in [0.05, 0.1) is 0 Å². The Bertz CT molecular complexity index is 930. The highest BCUT2D eigenvalue weighted by molar-refractivity contribution is 5.96. The van der Waals surface area contributed by atoms with E-state index in [4.69, 9.17) is 9.57 Å². The number of carbonyl (C=O) groups is 2. The molecule has 1 saturated heterocycles. The summed E-state index contributed by atoms with van der Waals surface area (Å²) in [6, 6.07) is 10.4. The lowest BCUT2D eigenvalue weighted by Gasteiger charge is -2.29. The van der Waals surface area contributed by atoms with Crippen LogP contribution in [0.3, 0.4) is 0 Å². The molecular weight excluding hydrogens is 386 g/mol. The number of hydrogen-bond donors (Lipinski definition) is 2. The quantitative estimate of drug-likeness (QED) is 0.678. The monoisotopic (exact) mass is 415 g/mol. The summed E-state index contributed by atoms with van der Waals surface area (Å²) in [5, 5.41) is 16.1. The van der Waals surface area contributed by atoms with Crippen LogP contribution in [0.15, 0.2) is 36.4 Å². The molecule has 2 aromatic rings. The van der Waals surface area contributed by atoms with E-state index in [1.54, 1.807) is 13.8 Å². The summed E-state index contributed by atoms with van der Waals surface area (Å²) >= 11 is 0. The van der Waals surface area contributed by atoms with E-state index in [1.807, 2.05) is 38.4 Å². The van der Waals surface area contributed by atoms with Gasteiger partial charge in [0, 0.05) is 38.8 Å². The first kappa shape index (κ1) is 22.0. The highest BCUT2D eigenvalue weighted by Crippen LogP contribution is 2.29. The first-order valence-corrected chi connectivity index (χ1v) is 9.93. The van der Waals surface area contributed by atoms with Crippen molar-refractivity contribution in [3.63, 3.8) is 0 Å². The predicted octanol–water partition coefficient (Wildman–Crippen LogP) is 2.22. The van der Waals surface area contributed by atoms with Crippen LogP contribution in [-0.2, 0) is 25.7 Å². The number of hydrogen-bond acceptors (Lipinski definition) is 7. The summed E-state index contributed by atoms with van der Waals surface area (Å²) in [7, 11) is 5.44. The molecule has 1 fully saturated rings. The Kier molecular flexibility index (Phi) is 6.60. The van der Waals surface area contributed by atoms with E-state index in [9.17, 15) is 14.7 Å².